The molecular weight excluding hydrogens is 244 g/mol. The maximum absolute atomic E-state index is 5.45. The third-order valence-electron chi connectivity index (χ3n) is 1.90. The fourth-order valence-corrected chi connectivity index (χ4v) is 1.67. The monoisotopic (exact) mass is 252 g/mol. The molecule has 1 aromatic carbocycles. The number of nitrogens with zero attached hydrogens (tertiary/aromatic N) is 1. The zero-order chi connectivity index (χ0) is 9.97. The number of hydrogen-bond donors (Lipinski definition) is 1. The second-order valence-electron chi connectivity index (χ2n) is 2.99. The molecule has 0 fully saturated rings. The van der Waals surface area contributed by atoms with Gasteiger partial charge in [0.25, 0.3) is 0 Å². The van der Waals surface area contributed by atoms with Crippen molar-refractivity contribution >= 4 is 21.7 Å². The molecule has 2 aromatic rings. The lowest BCUT2D eigenvalue weighted by atomic mass is 10.1. The van der Waals surface area contributed by atoms with Crippen LogP contribution in [0.25, 0.3) is 0 Å². The average Bonchev–Trinajstić information content (AvgIpc) is 2.56. The lowest BCUT2D eigenvalue weighted by Crippen LogP contribution is -1.86. The maximum atomic E-state index is 5.45. The highest BCUT2D eigenvalue weighted by atomic mass is 79.9. The molecule has 3 nitrogen and oxygen atoms in total. The number of hydrogen-bond acceptors (Lipinski definition) is 3. The van der Waals surface area contributed by atoms with E-state index in [1.165, 1.54) is 0 Å². The van der Waals surface area contributed by atoms with E-state index in [-0.39, 0.29) is 0 Å². The normalized spacial score (nSPS) is 10.4. The Bertz CT molecular complexity index is 439. The molecule has 14 heavy (non-hydrogen) atoms. The Morgan fingerprint density at radius 3 is 2.79 bits per heavy atom. The van der Waals surface area contributed by atoms with E-state index in [9.17, 15) is 0 Å². The van der Waals surface area contributed by atoms with Gasteiger partial charge in [-0.05, 0) is 11.6 Å². The van der Waals surface area contributed by atoms with E-state index in [0.29, 0.717) is 12.2 Å². The Labute approximate surface area is 90.0 Å². The van der Waals surface area contributed by atoms with Crippen LogP contribution in [0.1, 0.15) is 11.3 Å². The van der Waals surface area contributed by atoms with Gasteiger partial charge in [0.1, 0.15) is 5.76 Å². The third kappa shape index (κ3) is 1.96. The second-order valence-corrected chi connectivity index (χ2v) is 3.84. The topological polar surface area (TPSA) is 52.0 Å². The molecule has 0 saturated heterocycles. The summed E-state index contributed by atoms with van der Waals surface area (Å²) in [5, 5.41) is 3.63. The molecule has 1 heterocycles. The lowest BCUT2D eigenvalue weighted by molar-refractivity contribution is 0.392. The Morgan fingerprint density at radius 2 is 2.14 bits per heavy atom. The number of rotatable bonds is 2. The molecule has 0 aliphatic carbocycles. The van der Waals surface area contributed by atoms with Gasteiger partial charge in [0.15, 0.2) is 5.82 Å². The fourth-order valence-electron chi connectivity index (χ4n) is 1.24. The average molecular weight is 253 g/mol. The van der Waals surface area contributed by atoms with Gasteiger partial charge in [0, 0.05) is 17.0 Å². The van der Waals surface area contributed by atoms with Crippen molar-refractivity contribution in [1.82, 2.24) is 5.16 Å². The van der Waals surface area contributed by atoms with E-state index >= 15 is 0 Å². The maximum Gasteiger partial charge on any atom is 0.167 e. The van der Waals surface area contributed by atoms with Crippen LogP contribution in [0.2, 0.25) is 0 Å². The highest BCUT2D eigenvalue weighted by Gasteiger charge is 2.04. The summed E-state index contributed by atoms with van der Waals surface area (Å²) in [7, 11) is 0. The molecule has 0 aliphatic heterocycles. The highest BCUT2D eigenvalue weighted by Crippen LogP contribution is 2.20. The van der Waals surface area contributed by atoms with Crippen LogP contribution in [0.3, 0.4) is 0 Å². The standard InChI is InChI=1S/C10H9BrN2O/c11-9-4-2-1-3-7(9)5-8-6-10(12)13-14-8/h1-4,6H,5H2,(H2,12,13). The van der Waals surface area contributed by atoms with Crippen molar-refractivity contribution in [2.24, 2.45) is 0 Å². The largest absolute Gasteiger partial charge is 0.381 e. The Balaban J connectivity index is 2.23. The van der Waals surface area contributed by atoms with Gasteiger partial charge in [0.2, 0.25) is 0 Å². The second kappa shape index (κ2) is 3.84. The molecule has 2 rings (SSSR count). The summed E-state index contributed by atoms with van der Waals surface area (Å²) < 4.78 is 6.09. The first-order chi connectivity index (χ1) is 6.75. The molecule has 72 valence electrons. The van der Waals surface area contributed by atoms with E-state index in [1.54, 1.807) is 6.07 Å². The van der Waals surface area contributed by atoms with Crippen LogP contribution in [-0.4, -0.2) is 5.16 Å². The van der Waals surface area contributed by atoms with Crippen LogP contribution in [0.4, 0.5) is 5.82 Å². The molecular formula is C10H9BrN2O. The summed E-state index contributed by atoms with van der Waals surface area (Å²) in [5.74, 6) is 1.20. The van der Waals surface area contributed by atoms with Gasteiger partial charge in [-0.3, -0.25) is 0 Å². The first-order valence-corrected chi connectivity index (χ1v) is 4.99. The van der Waals surface area contributed by atoms with E-state index in [2.05, 4.69) is 21.1 Å². The molecule has 0 saturated carbocycles. The fraction of sp³-hybridized carbons (Fsp3) is 0.100. The minimum Gasteiger partial charge on any atom is -0.381 e. The summed E-state index contributed by atoms with van der Waals surface area (Å²) in [6.45, 7) is 0. The minimum absolute atomic E-state index is 0.423. The minimum atomic E-state index is 0.423. The van der Waals surface area contributed by atoms with Crippen LogP contribution in [0, 0.1) is 0 Å². The van der Waals surface area contributed by atoms with Gasteiger partial charge in [-0.25, -0.2) is 0 Å². The van der Waals surface area contributed by atoms with Crippen LogP contribution in [0.5, 0.6) is 0 Å². The van der Waals surface area contributed by atoms with Gasteiger partial charge < -0.3 is 10.3 Å². The van der Waals surface area contributed by atoms with E-state index < -0.39 is 0 Å². The van der Waals surface area contributed by atoms with Crippen LogP contribution >= 0.6 is 15.9 Å². The summed E-state index contributed by atoms with van der Waals surface area (Å²) in [4.78, 5) is 0. The predicted octanol–water partition coefficient (Wildman–Crippen LogP) is 2.61. The van der Waals surface area contributed by atoms with E-state index in [0.717, 1.165) is 15.8 Å². The smallest absolute Gasteiger partial charge is 0.167 e. The van der Waals surface area contributed by atoms with Crippen molar-refractivity contribution in [1.29, 1.82) is 0 Å². The summed E-state index contributed by atoms with van der Waals surface area (Å²) >= 11 is 3.47. The van der Waals surface area contributed by atoms with Crippen molar-refractivity contribution in [3.8, 4) is 0 Å². The van der Waals surface area contributed by atoms with Gasteiger partial charge >= 0.3 is 0 Å². The number of anilines is 1. The molecule has 0 aliphatic rings. The zero-order valence-electron chi connectivity index (χ0n) is 7.40. The van der Waals surface area contributed by atoms with Crippen LogP contribution in [0.15, 0.2) is 39.3 Å². The molecule has 0 radical (unpaired) electrons. The lowest BCUT2D eigenvalue weighted by Gasteiger charge is -1.99. The van der Waals surface area contributed by atoms with Crippen molar-refractivity contribution < 1.29 is 4.52 Å². The Hall–Kier alpha value is -1.29. The Kier molecular flexibility index (Phi) is 2.54. The first-order valence-electron chi connectivity index (χ1n) is 4.20. The van der Waals surface area contributed by atoms with Crippen molar-refractivity contribution in [3.05, 3.63) is 46.1 Å². The third-order valence-corrected chi connectivity index (χ3v) is 2.67. The Morgan fingerprint density at radius 1 is 1.36 bits per heavy atom. The first kappa shape index (κ1) is 9.27. The SMILES string of the molecule is Nc1cc(Cc2ccccc2Br)on1. The molecule has 0 spiro atoms. The number of halogens is 1. The molecule has 2 N–H and O–H groups in total. The quantitative estimate of drug-likeness (QED) is 0.894. The van der Waals surface area contributed by atoms with Crippen LogP contribution in [-0.2, 0) is 6.42 Å². The van der Waals surface area contributed by atoms with Crippen molar-refractivity contribution in [3.63, 3.8) is 0 Å². The van der Waals surface area contributed by atoms with E-state index in [4.69, 9.17) is 10.3 Å². The zero-order valence-corrected chi connectivity index (χ0v) is 8.99. The molecule has 0 unspecified atom stereocenters. The summed E-state index contributed by atoms with van der Waals surface area (Å²) in [6.07, 6.45) is 0.700. The van der Waals surface area contributed by atoms with Gasteiger partial charge in [-0.1, -0.05) is 39.3 Å². The molecule has 0 amide bonds. The van der Waals surface area contributed by atoms with Crippen molar-refractivity contribution in [2.75, 3.05) is 5.73 Å². The van der Waals surface area contributed by atoms with Gasteiger partial charge in [0.05, 0.1) is 0 Å². The summed E-state index contributed by atoms with van der Waals surface area (Å²) in [5.41, 5.74) is 6.61. The number of nitrogen functional groups attached to an aromatic ring is 1. The summed E-state index contributed by atoms with van der Waals surface area (Å²) in [6, 6.07) is 9.72. The van der Waals surface area contributed by atoms with Gasteiger partial charge in [-0.15, -0.1) is 0 Å². The highest BCUT2D eigenvalue weighted by molar-refractivity contribution is 9.10. The number of nitrogens with two attached hydrogens (primary N) is 1. The molecule has 0 atom stereocenters. The van der Waals surface area contributed by atoms with E-state index in [1.807, 2.05) is 24.3 Å². The number of aromatic nitrogens is 1. The van der Waals surface area contributed by atoms with Crippen LogP contribution < -0.4 is 5.73 Å². The predicted molar refractivity (Wildman–Crippen MR) is 57.9 cm³/mol. The molecule has 1 aromatic heterocycles. The molecule has 0 bridgehead atoms. The number of benzene rings is 1. The van der Waals surface area contributed by atoms with Crippen molar-refractivity contribution in [2.45, 2.75) is 6.42 Å². The van der Waals surface area contributed by atoms with Gasteiger partial charge in [-0.2, -0.15) is 0 Å². The molecule has 4 heteroatoms.